The Morgan fingerprint density at radius 3 is 2.15 bits per heavy atom. The van der Waals surface area contributed by atoms with Crippen LogP contribution in [-0.2, 0) is 14.3 Å². The molecule has 2 saturated carbocycles. The van der Waals surface area contributed by atoms with E-state index in [9.17, 15) is 14.4 Å². The summed E-state index contributed by atoms with van der Waals surface area (Å²) in [6.07, 6.45) is 7.68. The van der Waals surface area contributed by atoms with E-state index in [1.807, 2.05) is 23.9 Å². The third kappa shape index (κ3) is 3.82. The molecular formula is C25H40N4O4. The Morgan fingerprint density at radius 2 is 1.52 bits per heavy atom. The van der Waals surface area contributed by atoms with Crippen LogP contribution in [0.1, 0.15) is 65.2 Å². The molecule has 184 valence electrons. The van der Waals surface area contributed by atoms with E-state index in [1.54, 1.807) is 6.92 Å². The molecule has 33 heavy (non-hydrogen) atoms. The minimum atomic E-state index is -0.314. The molecule has 0 aromatic heterocycles. The maximum Gasteiger partial charge on any atom is 0.320 e. The molecule has 8 nitrogen and oxygen atoms in total. The SMILES string of the molecule is CC(=O)N1C2CCC(C3CCC4C(C3)N(C)C(=O)N4C)CC2N(C(=O)C2CCCO2)C[C@@H]1C. The lowest BCUT2D eigenvalue weighted by molar-refractivity contribution is -0.160. The number of likely N-dealkylation sites (N-methyl/N-ethyl adjacent to an activating group) is 2. The van der Waals surface area contributed by atoms with Crippen LogP contribution in [0, 0.1) is 11.8 Å². The number of hydrogen-bond donors (Lipinski definition) is 0. The van der Waals surface area contributed by atoms with Crippen molar-refractivity contribution in [3.63, 3.8) is 0 Å². The van der Waals surface area contributed by atoms with Gasteiger partial charge < -0.3 is 24.3 Å². The zero-order valence-electron chi connectivity index (χ0n) is 20.6. The average Bonchev–Trinajstić information content (AvgIpc) is 3.42. The van der Waals surface area contributed by atoms with E-state index in [0.29, 0.717) is 37.1 Å². The summed E-state index contributed by atoms with van der Waals surface area (Å²) in [5.74, 6) is 1.35. The van der Waals surface area contributed by atoms with Crippen molar-refractivity contribution in [1.82, 2.24) is 19.6 Å². The van der Waals surface area contributed by atoms with E-state index in [4.69, 9.17) is 4.74 Å². The maximum absolute atomic E-state index is 13.5. The first kappa shape index (κ1) is 22.9. The first-order valence-electron chi connectivity index (χ1n) is 13.0. The van der Waals surface area contributed by atoms with Crippen molar-refractivity contribution in [2.75, 3.05) is 27.2 Å². The minimum absolute atomic E-state index is 0.0368. The van der Waals surface area contributed by atoms with Gasteiger partial charge in [0.1, 0.15) is 6.10 Å². The number of piperazine rings is 1. The predicted molar refractivity (Wildman–Crippen MR) is 123 cm³/mol. The second-order valence-electron chi connectivity index (χ2n) is 11.2. The normalized spacial score (nSPS) is 41.3. The molecular weight excluding hydrogens is 420 g/mol. The molecule has 0 radical (unpaired) electrons. The van der Waals surface area contributed by atoms with Gasteiger partial charge in [0.25, 0.3) is 5.91 Å². The summed E-state index contributed by atoms with van der Waals surface area (Å²) < 4.78 is 5.77. The molecule has 7 unspecified atom stereocenters. The van der Waals surface area contributed by atoms with Crippen LogP contribution in [0.3, 0.4) is 0 Å². The molecule has 0 spiro atoms. The Kier molecular flexibility index (Phi) is 6.08. The van der Waals surface area contributed by atoms with Crippen LogP contribution < -0.4 is 0 Å². The Balaban J connectivity index is 1.34. The maximum atomic E-state index is 13.5. The van der Waals surface area contributed by atoms with Gasteiger partial charge in [0.05, 0.1) is 24.2 Å². The third-order valence-corrected chi connectivity index (χ3v) is 9.45. The summed E-state index contributed by atoms with van der Waals surface area (Å²) in [6, 6.07) is 0.978. The highest BCUT2D eigenvalue weighted by molar-refractivity contribution is 5.82. The summed E-state index contributed by atoms with van der Waals surface area (Å²) in [6.45, 7) is 5.01. The highest BCUT2D eigenvalue weighted by atomic mass is 16.5. The highest BCUT2D eigenvalue weighted by Gasteiger charge is 2.51. The number of urea groups is 1. The van der Waals surface area contributed by atoms with Crippen molar-refractivity contribution in [3.05, 3.63) is 0 Å². The summed E-state index contributed by atoms with van der Waals surface area (Å²) >= 11 is 0. The van der Waals surface area contributed by atoms with Gasteiger partial charge in [-0.15, -0.1) is 0 Å². The summed E-state index contributed by atoms with van der Waals surface area (Å²) in [5.41, 5.74) is 0. The van der Waals surface area contributed by atoms with Gasteiger partial charge >= 0.3 is 6.03 Å². The first-order chi connectivity index (χ1) is 15.8. The number of ether oxygens (including phenoxy) is 1. The number of nitrogens with zero attached hydrogens (tertiary/aromatic N) is 4. The number of amides is 4. The summed E-state index contributed by atoms with van der Waals surface area (Å²) in [5, 5.41) is 0. The molecule has 8 heteroatoms. The van der Waals surface area contributed by atoms with Crippen LogP contribution in [0.4, 0.5) is 4.79 Å². The standard InChI is InChI=1S/C25H40N4O4/c1-15-14-28(24(31)23-6-5-11-33-23)22-13-18(8-10-20(22)29(15)16(2)30)17-7-9-19-21(12-17)27(4)25(32)26(19)3/h15,17-23H,5-14H2,1-4H3/t15-,17?,18?,19?,20?,21?,22?,23?/m0/s1. The lowest BCUT2D eigenvalue weighted by Gasteiger charge is -2.55. The zero-order valence-corrected chi connectivity index (χ0v) is 20.6. The van der Waals surface area contributed by atoms with Crippen LogP contribution in [-0.4, -0.2) is 101 Å². The Labute approximate surface area is 197 Å². The molecule has 0 aromatic carbocycles. The first-order valence-corrected chi connectivity index (χ1v) is 13.0. The fourth-order valence-corrected chi connectivity index (χ4v) is 7.83. The molecule has 0 N–H and O–H groups in total. The molecule has 8 atom stereocenters. The fraction of sp³-hybridized carbons (Fsp3) is 0.880. The Bertz CT molecular complexity index is 799. The average molecular weight is 461 g/mol. The van der Waals surface area contributed by atoms with Gasteiger partial charge in [-0.2, -0.15) is 0 Å². The molecule has 3 aliphatic heterocycles. The Hall–Kier alpha value is -1.83. The van der Waals surface area contributed by atoms with Gasteiger partial charge in [-0.3, -0.25) is 9.59 Å². The van der Waals surface area contributed by atoms with Crippen molar-refractivity contribution < 1.29 is 19.1 Å². The van der Waals surface area contributed by atoms with Crippen molar-refractivity contribution >= 4 is 17.8 Å². The molecule has 5 aliphatic rings. The molecule has 3 heterocycles. The molecule has 3 saturated heterocycles. The smallest absolute Gasteiger partial charge is 0.320 e. The van der Waals surface area contributed by atoms with Gasteiger partial charge in [0.15, 0.2) is 0 Å². The van der Waals surface area contributed by atoms with Crippen molar-refractivity contribution in [3.8, 4) is 0 Å². The number of hydrogen-bond acceptors (Lipinski definition) is 4. The van der Waals surface area contributed by atoms with Crippen LogP contribution >= 0.6 is 0 Å². The Morgan fingerprint density at radius 1 is 0.879 bits per heavy atom. The van der Waals surface area contributed by atoms with E-state index in [0.717, 1.165) is 51.4 Å². The number of carbonyl (C=O) groups is 3. The quantitative estimate of drug-likeness (QED) is 0.634. The number of fused-ring (bicyclic) bond motifs is 2. The highest BCUT2D eigenvalue weighted by Crippen LogP contribution is 2.45. The zero-order chi connectivity index (χ0) is 23.4. The predicted octanol–water partition coefficient (Wildman–Crippen LogP) is 2.32. The molecule has 0 aromatic rings. The van der Waals surface area contributed by atoms with Gasteiger partial charge in [0, 0.05) is 40.2 Å². The third-order valence-electron chi connectivity index (χ3n) is 9.45. The minimum Gasteiger partial charge on any atom is -0.368 e. The van der Waals surface area contributed by atoms with E-state index < -0.39 is 0 Å². The fourth-order valence-electron chi connectivity index (χ4n) is 7.83. The van der Waals surface area contributed by atoms with Gasteiger partial charge in [-0.25, -0.2) is 4.79 Å². The van der Waals surface area contributed by atoms with Gasteiger partial charge in [-0.05, 0) is 70.1 Å². The lowest BCUT2D eigenvalue weighted by Crippen LogP contribution is -2.68. The largest absolute Gasteiger partial charge is 0.368 e. The molecule has 5 fully saturated rings. The second-order valence-corrected chi connectivity index (χ2v) is 11.2. The molecule has 2 aliphatic carbocycles. The van der Waals surface area contributed by atoms with Crippen molar-refractivity contribution in [1.29, 1.82) is 0 Å². The monoisotopic (exact) mass is 460 g/mol. The molecule has 5 rings (SSSR count). The van der Waals surface area contributed by atoms with Crippen molar-refractivity contribution in [2.24, 2.45) is 11.8 Å². The van der Waals surface area contributed by atoms with Crippen molar-refractivity contribution in [2.45, 2.75) is 102 Å². The van der Waals surface area contributed by atoms with Gasteiger partial charge in [0.2, 0.25) is 5.91 Å². The number of carbonyl (C=O) groups excluding carboxylic acids is 3. The summed E-state index contributed by atoms with van der Waals surface area (Å²) in [4.78, 5) is 46.5. The van der Waals surface area contributed by atoms with Crippen LogP contribution in [0.25, 0.3) is 0 Å². The molecule has 0 bridgehead atoms. The second kappa shape index (κ2) is 8.75. The topological polar surface area (TPSA) is 73.4 Å². The van der Waals surface area contributed by atoms with E-state index >= 15 is 0 Å². The number of rotatable bonds is 2. The van der Waals surface area contributed by atoms with E-state index in [2.05, 4.69) is 16.7 Å². The van der Waals surface area contributed by atoms with E-state index in [-0.39, 0.29) is 42.1 Å². The van der Waals surface area contributed by atoms with Crippen LogP contribution in [0.2, 0.25) is 0 Å². The summed E-state index contributed by atoms with van der Waals surface area (Å²) in [7, 11) is 3.88. The van der Waals surface area contributed by atoms with Crippen LogP contribution in [0.15, 0.2) is 0 Å². The lowest BCUT2D eigenvalue weighted by atomic mass is 9.67. The molecule has 4 amide bonds. The van der Waals surface area contributed by atoms with Gasteiger partial charge in [-0.1, -0.05) is 0 Å². The van der Waals surface area contributed by atoms with E-state index in [1.165, 1.54) is 0 Å². The van der Waals surface area contributed by atoms with Crippen LogP contribution in [0.5, 0.6) is 0 Å².